The molecule has 94 valence electrons. The molecule has 0 aromatic heterocycles. The Labute approximate surface area is 115 Å². The zero-order valence-corrected chi connectivity index (χ0v) is 12.1. The van der Waals surface area contributed by atoms with E-state index in [1.54, 1.807) is 0 Å². The van der Waals surface area contributed by atoms with Gasteiger partial charge in [0.25, 0.3) is 0 Å². The Balaban J connectivity index is 2.56. The molecule has 17 heavy (non-hydrogen) atoms. The van der Waals surface area contributed by atoms with E-state index in [0.29, 0.717) is 6.42 Å². The number of nitrogens with one attached hydrogen (secondary N) is 2. The van der Waals surface area contributed by atoms with Crippen molar-refractivity contribution in [2.24, 2.45) is 0 Å². The van der Waals surface area contributed by atoms with Gasteiger partial charge < -0.3 is 15.7 Å². The van der Waals surface area contributed by atoms with E-state index in [2.05, 4.69) is 33.2 Å². The van der Waals surface area contributed by atoms with Crippen LogP contribution in [0, 0.1) is 10.5 Å². The van der Waals surface area contributed by atoms with Gasteiger partial charge in [-0.3, -0.25) is 0 Å². The van der Waals surface area contributed by atoms with Gasteiger partial charge in [-0.25, -0.2) is 4.79 Å². The molecule has 1 rings (SSSR count). The molecule has 0 radical (unpaired) electrons. The maximum atomic E-state index is 11.6. The van der Waals surface area contributed by atoms with Crippen LogP contribution in [-0.4, -0.2) is 23.8 Å². The second kappa shape index (κ2) is 6.80. The average Bonchev–Trinajstić information content (AvgIpc) is 2.22. The van der Waals surface area contributed by atoms with Crippen LogP contribution in [0.5, 0.6) is 0 Å². The lowest BCUT2D eigenvalue weighted by atomic mass is 10.2. The monoisotopic (exact) mass is 348 g/mol. The highest BCUT2D eigenvalue weighted by Crippen LogP contribution is 2.17. The number of halogens is 1. The van der Waals surface area contributed by atoms with E-state index in [9.17, 15) is 4.79 Å². The number of urea groups is 1. The molecule has 0 aliphatic rings. The van der Waals surface area contributed by atoms with Gasteiger partial charge in [-0.15, -0.1) is 0 Å². The van der Waals surface area contributed by atoms with Crippen molar-refractivity contribution in [1.29, 1.82) is 0 Å². The van der Waals surface area contributed by atoms with Gasteiger partial charge in [0.05, 0.1) is 0 Å². The topological polar surface area (TPSA) is 61.4 Å². The fourth-order valence-electron chi connectivity index (χ4n) is 1.42. The molecule has 0 fully saturated rings. The number of anilines is 1. The van der Waals surface area contributed by atoms with Gasteiger partial charge >= 0.3 is 6.03 Å². The van der Waals surface area contributed by atoms with Crippen molar-refractivity contribution in [1.82, 2.24) is 5.32 Å². The molecule has 1 aromatic carbocycles. The number of aliphatic hydroxyl groups excluding tert-OH is 1. The van der Waals surface area contributed by atoms with Gasteiger partial charge in [0.1, 0.15) is 0 Å². The largest absolute Gasteiger partial charge is 0.396 e. The fraction of sp³-hybridized carbons (Fsp3) is 0.417. The van der Waals surface area contributed by atoms with Crippen LogP contribution in [0.2, 0.25) is 0 Å². The standard InChI is InChI=1S/C12H17IN2O2/c1-8-7-10(13)3-4-11(8)15-12(17)14-9(2)5-6-16/h3-4,7,9,16H,5-6H2,1-2H3,(H2,14,15,17)/t9-/m1/s1. The van der Waals surface area contributed by atoms with Gasteiger partial charge in [0, 0.05) is 21.9 Å². The predicted octanol–water partition coefficient (Wildman–Crippen LogP) is 2.49. The molecule has 0 saturated carbocycles. The minimum absolute atomic E-state index is 0.0378. The SMILES string of the molecule is Cc1cc(I)ccc1NC(=O)N[C@H](C)CCO. The van der Waals surface area contributed by atoms with Crippen molar-refractivity contribution in [3.05, 3.63) is 27.3 Å². The van der Waals surface area contributed by atoms with Gasteiger partial charge in [-0.1, -0.05) is 0 Å². The third kappa shape index (κ3) is 4.91. The molecule has 3 N–H and O–H groups in total. The Morgan fingerprint density at radius 1 is 1.53 bits per heavy atom. The lowest BCUT2D eigenvalue weighted by Crippen LogP contribution is -2.36. The summed E-state index contributed by atoms with van der Waals surface area (Å²) in [6, 6.07) is 5.56. The number of rotatable bonds is 4. The summed E-state index contributed by atoms with van der Waals surface area (Å²) in [5.41, 5.74) is 1.83. The second-order valence-corrected chi connectivity index (χ2v) is 5.22. The lowest BCUT2D eigenvalue weighted by Gasteiger charge is -2.14. The van der Waals surface area contributed by atoms with Crippen LogP contribution in [0.25, 0.3) is 0 Å². The summed E-state index contributed by atoms with van der Waals surface area (Å²) < 4.78 is 1.14. The third-order valence-electron chi connectivity index (χ3n) is 2.38. The molecular formula is C12H17IN2O2. The zero-order chi connectivity index (χ0) is 12.8. The summed E-state index contributed by atoms with van der Waals surface area (Å²) in [4.78, 5) is 11.6. The van der Waals surface area contributed by atoms with Gasteiger partial charge in [0.15, 0.2) is 0 Å². The van der Waals surface area contributed by atoms with Gasteiger partial charge in [-0.2, -0.15) is 0 Å². The minimum atomic E-state index is -0.241. The Kier molecular flexibility index (Phi) is 5.70. The first-order chi connectivity index (χ1) is 8.02. The summed E-state index contributed by atoms with van der Waals surface area (Å²) in [7, 11) is 0. The molecular weight excluding hydrogens is 331 g/mol. The number of carbonyl (C=O) groups excluding carboxylic acids is 1. The Hall–Kier alpha value is -0.820. The lowest BCUT2D eigenvalue weighted by molar-refractivity contribution is 0.241. The quantitative estimate of drug-likeness (QED) is 0.733. The number of hydrogen-bond acceptors (Lipinski definition) is 2. The van der Waals surface area contributed by atoms with Crippen LogP contribution < -0.4 is 10.6 Å². The van der Waals surface area contributed by atoms with Gasteiger partial charge in [0.2, 0.25) is 0 Å². The first kappa shape index (κ1) is 14.2. The van der Waals surface area contributed by atoms with E-state index in [4.69, 9.17) is 5.11 Å². The molecule has 5 heteroatoms. The van der Waals surface area contributed by atoms with Crippen LogP contribution in [-0.2, 0) is 0 Å². The summed E-state index contributed by atoms with van der Waals surface area (Å²) >= 11 is 2.23. The first-order valence-corrected chi connectivity index (χ1v) is 6.55. The van der Waals surface area contributed by atoms with Crippen molar-refractivity contribution >= 4 is 34.3 Å². The molecule has 0 spiro atoms. The van der Waals surface area contributed by atoms with E-state index in [0.717, 1.165) is 14.8 Å². The van der Waals surface area contributed by atoms with E-state index in [1.165, 1.54) is 0 Å². The molecule has 4 nitrogen and oxygen atoms in total. The molecule has 2 amide bonds. The number of hydrogen-bond donors (Lipinski definition) is 3. The molecule has 0 aliphatic heterocycles. The molecule has 0 heterocycles. The Morgan fingerprint density at radius 3 is 2.82 bits per heavy atom. The molecule has 0 aliphatic carbocycles. The normalized spacial score (nSPS) is 12.0. The van der Waals surface area contributed by atoms with E-state index >= 15 is 0 Å². The maximum Gasteiger partial charge on any atom is 0.319 e. The zero-order valence-electron chi connectivity index (χ0n) is 9.96. The van der Waals surface area contributed by atoms with Crippen molar-refractivity contribution in [2.75, 3.05) is 11.9 Å². The maximum absolute atomic E-state index is 11.6. The summed E-state index contributed by atoms with van der Waals surface area (Å²) in [5, 5.41) is 14.3. The summed E-state index contributed by atoms with van der Waals surface area (Å²) in [6.45, 7) is 3.88. The van der Waals surface area contributed by atoms with E-state index in [-0.39, 0.29) is 18.7 Å². The van der Waals surface area contributed by atoms with Crippen LogP contribution in [0.1, 0.15) is 18.9 Å². The second-order valence-electron chi connectivity index (χ2n) is 3.97. The molecule has 1 aromatic rings. The van der Waals surface area contributed by atoms with Crippen molar-refractivity contribution < 1.29 is 9.90 Å². The summed E-state index contributed by atoms with van der Waals surface area (Å²) in [5.74, 6) is 0. The number of aryl methyl sites for hydroxylation is 1. The van der Waals surface area contributed by atoms with Crippen LogP contribution in [0.4, 0.5) is 10.5 Å². The van der Waals surface area contributed by atoms with E-state index in [1.807, 2.05) is 32.0 Å². The molecule has 0 unspecified atom stereocenters. The number of benzene rings is 1. The first-order valence-electron chi connectivity index (χ1n) is 5.47. The highest BCUT2D eigenvalue weighted by Gasteiger charge is 2.08. The number of carbonyl (C=O) groups is 1. The summed E-state index contributed by atoms with van der Waals surface area (Å²) in [6.07, 6.45) is 0.555. The average molecular weight is 348 g/mol. The van der Waals surface area contributed by atoms with Gasteiger partial charge in [-0.05, 0) is 66.6 Å². The highest BCUT2D eigenvalue weighted by molar-refractivity contribution is 14.1. The van der Waals surface area contributed by atoms with Crippen molar-refractivity contribution in [3.63, 3.8) is 0 Å². The minimum Gasteiger partial charge on any atom is -0.396 e. The predicted molar refractivity (Wildman–Crippen MR) is 77.2 cm³/mol. The Bertz CT molecular complexity index is 396. The van der Waals surface area contributed by atoms with Crippen LogP contribution >= 0.6 is 22.6 Å². The smallest absolute Gasteiger partial charge is 0.319 e. The molecule has 1 atom stereocenters. The van der Waals surface area contributed by atoms with Crippen molar-refractivity contribution in [2.45, 2.75) is 26.3 Å². The van der Waals surface area contributed by atoms with Crippen LogP contribution in [0.3, 0.4) is 0 Å². The third-order valence-corrected chi connectivity index (χ3v) is 3.05. The molecule has 0 bridgehead atoms. The van der Waals surface area contributed by atoms with Crippen molar-refractivity contribution in [3.8, 4) is 0 Å². The molecule has 0 saturated heterocycles. The number of amides is 2. The number of aliphatic hydroxyl groups is 1. The Morgan fingerprint density at radius 2 is 2.24 bits per heavy atom. The highest BCUT2D eigenvalue weighted by atomic mass is 127. The van der Waals surface area contributed by atoms with E-state index < -0.39 is 0 Å². The van der Waals surface area contributed by atoms with Crippen LogP contribution in [0.15, 0.2) is 18.2 Å². The fourth-order valence-corrected chi connectivity index (χ4v) is 2.06.